The summed E-state index contributed by atoms with van der Waals surface area (Å²) < 4.78 is 5.62. The summed E-state index contributed by atoms with van der Waals surface area (Å²) in [5, 5.41) is 0. The molecule has 186 valence electrons. The fourth-order valence-corrected chi connectivity index (χ4v) is 9.10. The van der Waals surface area contributed by atoms with Crippen LogP contribution in [-0.2, 0) is 9.53 Å². The largest absolute Gasteiger partial charge is 0.462 e. The molecule has 0 spiro atoms. The van der Waals surface area contributed by atoms with Gasteiger partial charge in [0.25, 0.3) is 0 Å². The molecular weight excluding hydrogens is 404 g/mol. The SMILES string of the molecule is CC[C@H](C/C=C(\C)[C@@H]1CC[C@H]2[C@@H]3CC=C4C[C@@H](OC(C)=O)CC[C@]4(C)[C@@H]3CC[C@@]12C)C(C)C. The summed E-state index contributed by atoms with van der Waals surface area (Å²) in [6, 6.07) is 0. The van der Waals surface area contributed by atoms with Gasteiger partial charge in [-0.05, 0) is 105 Å². The molecule has 8 atom stereocenters. The minimum atomic E-state index is -0.120. The molecule has 0 amide bonds. The fourth-order valence-electron chi connectivity index (χ4n) is 9.10. The lowest BCUT2D eigenvalue weighted by atomic mass is 9.47. The number of fused-ring (bicyclic) bond motifs is 5. The van der Waals surface area contributed by atoms with Crippen molar-refractivity contribution in [3.8, 4) is 0 Å². The Balaban J connectivity index is 1.50. The topological polar surface area (TPSA) is 26.3 Å². The van der Waals surface area contributed by atoms with Gasteiger partial charge in [0.1, 0.15) is 6.10 Å². The summed E-state index contributed by atoms with van der Waals surface area (Å²) in [6.07, 6.45) is 17.9. The van der Waals surface area contributed by atoms with Gasteiger partial charge in [-0.2, -0.15) is 0 Å². The number of esters is 1. The van der Waals surface area contributed by atoms with Crippen molar-refractivity contribution in [2.24, 2.45) is 46.3 Å². The van der Waals surface area contributed by atoms with Crippen LogP contribution in [0.2, 0.25) is 0 Å². The van der Waals surface area contributed by atoms with Crippen molar-refractivity contribution in [1.29, 1.82) is 0 Å². The number of hydrogen-bond acceptors (Lipinski definition) is 2. The second-order valence-electron chi connectivity index (χ2n) is 13.0. The third-order valence-electron chi connectivity index (χ3n) is 11.2. The molecule has 0 unspecified atom stereocenters. The second kappa shape index (κ2) is 9.54. The number of allylic oxidation sites excluding steroid dienone is 3. The number of ether oxygens (including phenoxy) is 1. The zero-order valence-corrected chi connectivity index (χ0v) is 22.6. The lowest BCUT2D eigenvalue weighted by molar-refractivity contribution is -0.148. The summed E-state index contributed by atoms with van der Waals surface area (Å²) in [5.74, 6) is 4.81. The van der Waals surface area contributed by atoms with Gasteiger partial charge >= 0.3 is 5.97 Å². The predicted molar refractivity (Wildman–Crippen MR) is 138 cm³/mol. The second-order valence-corrected chi connectivity index (χ2v) is 13.0. The van der Waals surface area contributed by atoms with Gasteiger partial charge in [-0.15, -0.1) is 0 Å². The molecule has 0 radical (unpaired) electrons. The molecule has 0 heterocycles. The van der Waals surface area contributed by atoms with E-state index in [1.165, 1.54) is 51.4 Å². The molecule has 3 saturated carbocycles. The molecule has 0 aromatic heterocycles. The molecule has 0 aliphatic heterocycles. The highest BCUT2D eigenvalue weighted by molar-refractivity contribution is 5.66. The summed E-state index contributed by atoms with van der Waals surface area (Å²) in [5.41, 5.74) is 4.11. The molecular formula is C31H50O2. The minimum Gasteiger partial charge on any atom is -0.462 e. The van der Waals surface area contributed by atoms with Gasteiger partial charge in [-0.1, -0.05) is 64.3 Å². The van der Waals surface area contributed by atoms with Crippen molar-refractivity contribution < 1.29 is 9.53 Å². The summed E-state index contributed by atoms with van der Waals surface area (Å²) in [7, 11) is 0. The molecule has 3 fully saturated rings. The van der Waals surface area contributed by atoms with E-state index in [2.05, 4.69) is 53.7 Å². The van der Waals surface area contributed by atoms with Crippen LogP contribution in [0.4, 0.5) is 0 Å². The van der Waals surface area contributed by atoms with Crippen LogP contribution in [0.5, 0.6) is 0 Å². The van der Waals surface area contributed by atoms with Crippen LogP contribution in [0, 0.1) is 46.3 Å². The van der Waals surface area contributed by atoms with E-state index in [4.69, 9.17) is 4.74 Å². The van der Waals surface area contributed by atoms with E-state index >= 15 is 0 Å². The molecule has 0 aromatic rings. The van der Waals surface area contributed by atoms with Crippen molar-refractivity contribution in [2.75, 3.05) is 0 Å². The lowest BCUT2D eigenvalue weighted by Crippen LogP contribution is -2.50. The van der Waals surface area contributed by atoms with Crippen molar-refractivity contribution in [3.63, 3.8) is 0 Å². The van der Waals surface area contributed by atoms with Gasteiger partial charge in [-0.3, -0.25) is 4.79 Å². The third kappa shape index (κ3) is 4.50. The Kier molecular flexibility index (Phi) is 7.24. The maximum atomic E-state index is 11.5. The van der Waals surface area contributed by atoms with E-state index in [0.29, 0.717) is 10.8 Å². The highest BCUT2D eigenvalue weighted by atomic mass is 16.5. The van der Waals surface area contributed by atoms with Gasteiger partial charge in [0.15, 0.2) is 0 Å². The normalized spacial score (nSPS) is 41.6. The smallest absolute Gasteiger partial charge is 0.302 e. The van der Waals surface area contributed by atoms with E-state index in [1.807, 2.05) is 0 Å². The van der Waals surface area contributed by atoms with Crippen LogP contribution in [0.25, 0.3) is 0 Å². The van der Waals surface area contributed by atoms with Gasteiger partial charge in [-0.25, -0.2) is 0 Å². The van der Waals surface area contributed by atoms with E-state index in [1.54, 1.807) is 18.1 Å². The standard InChI is InChI=1S/C31H50O2/c1-8-23(20(2)3)10-9-21(4)27-13-14-28-26-12-11-24-19-25(33-22(5)32)15-17-30(24,6)29(26)16-18-31(27,28)7/h9,11,20,23,25-29H,8,10,12-19H2,1-7H3/b21-9+/t23-,25+,26+,27+,28+,29-,30+,31+/m1/s1. The molecule has 2 heteroatoms. The molecule has 4 aliphatic carbocycles. The summed E-state index contributed by atoms with van der Waals surface area (Å²) in [6.45, 7) is 16.3. The van der Waals surface area contributed by atoms with Gasteiger partial charge in [0, 0.05) is 13.3 Å². The first-order valence-corrected chi connectivity index (χ1v) is 14.1. The number of carbonyl (C=O) groups excluding carboxylic acids is 1. The van der Waals surface area contributed by atoms with E-state index in [0.717, 1.165) is 48.3 Å². The monoisotopic (exact) mass is 454 g/mol. The summed E-state index contributed by atoms with van der Waals surface area (Å²) >= 11 is 0. The maximum absolute atomic E-state index is 11.5. The fraction of sp³-hybridized carbons (Fsp3) is 0.839. The van der Waals surface area contributed by atoms with Crippen LogP contribution >= 0.6 is 0 Å². The minimum absolute atomic E-state index is 0.105. The molecule has 0 saturated heterocycles. The highest BCUT2D eigenvalue weighted by Crippen LogP contribution is 2.67. The first-order valence-electron chi connectivity index (χ1n) is 14.1. The van der Waals surface area contributed by atoms with E-state index in [9.17, 15) is 4.79 Å². The Hall–Kier alpha value is -1.05. The average Bonchev–Trinajstić information content (AvgIpc) is 3.11. The molecule has 0 aromatic carbocycles. The van der Waals surface area contributed by atoms with Crippen molar-refractivity contribution in [3.05, 3.63) is 23.3 Å². The predicted octanol–water partition coefficient (Wildman–Crippen LogP) is 8.52. The Bertz CT molecular complexity index is 791. The lowest BCUT2D eigenvalue weighted by Gasteiger charge is -2.58. The van der Waals surface area contributed by atoms with Crippen molar-refractivity contribution in [2.45, 2.75) is 119 Å². The molecule has 4 rings (SSSR count). The molecule has 0 bridgehead atoms. The van der Waals surface area contributed by atoms with E-state index in [-0.39, 0.29) is 12.1 Å². The Morgan fingerprint density at radius 3 is 2.55 bits per heavy atom. The van der Waals surface area contributed by atoms with Crippen molar-refractivity contribution >= 4 is 5.97 Å². The van der Waals surface area contributed by atoms with Gasteiger partial charge in [0.05, 0.1) is 0 Å². The number of carbonyl (C=O) groups is 1. The zero-order chi connectivity index (χ0) is 24.0. The Morgan fingerprint density at radius 2 is 1.88 bits per heavy atom. The third-order valence-corrected chi connectivity index (χ3v) is 11.2. The van der Waals surface area contributed by atoms with E-state index < -0.39 is 0 Å². The molecule has 33 heavy (non-hydrogen) atoms. The van der Waals surface area contributed by atoms with Crippen LogP contribution in [0.3, 0.4) is 0 Å². The quantitative estimate of drug-likeness (QED) is 0.297. The van der Waals surface area contributed by atoms with Gasteiger partial charge in [0.2, 0.25) is 0 Å². The molecule has 0 N–H and O–H groups in total. The molecule has 4 aliphatic rings. The van der Waals surface area contributed by atoms with Crippen LogP contribution < -0.4 is 0 Å². The summed E-state index contributed by atoms with van der Waals surface area (Å²) in [4.78, 5) is 11.5. The van der Waals surface area contributed by atoms with Crippen LogP contribution in [0.1, 0.15) is 113 Å². The number of rotatable bonds is 6. The molecule has 2 nitrogen and oxygen atoms in total. The van der Waals surface area contributed by atoms with Gasteiger partial charge < -0.3 is 4.74 Å². The van der Waals surface area contributed by atoms with Crippen molar-refractivity contribution in [1.82, 2.24) is 0 Å². The van der Waals surface area contributed by atoms with Crippen LogP contribution in [-0.4, -0.2) is 12.1 Å². The van der Waals surface area contributed by atoms with Crippen LogP contribution in [0.15, 0.2) is 23.3 Å². The average molecular weight is 455 g/mol. The maximum Gasteiger partial charge on any atom is 0.302 e. The zero-order valence-electron chi connectivity index (χ0n) is 22.6. The first kappa shape index (κ1) is 25.1. The Morgan fingerprint density at radius 1 is 1.12 bits per heavy atom. The first-order chi connectivity index (χ1) is 15.6. The Labute approximate surface area is 204 Å². The highest BCUT2D eigenvalue weighted by Gasteiger charge is 2.58. The number of hydrogen-bond donors (Lipinski definition) is 0.